The molecule has 5 nitrogen and oxygen atoms in total. The molecule has 4 heterocycles. The number of ether oxygens (including phenoxy) is 1. The highest BCUT2D eigenvalue weighted by atomic mass is 32.1. The Labute approximate surface area is 118 Å². The molecule has 0 radical (unpaired) electrons. The summed E-state index contributed by atoms with van der Waals surface area (Å²) in [5.74, 6) is 0. The zero-order chi connectivity index (χ0) is 13.2. The van der Waals surface area contributed by atoms with E-state index in [0.717, 1.165) is 22.3 Å². The van der Waals surface area contributed by atoms with Crippen molar-refractivity contribution in [1.82, 2.24) is 19.6 Å². The molecule has 0 fully saturated rings. The Morgan fingerprint density at radius 3 is 3.21 bits per heavy atom. The van der Waals surface area contributed by atoms with Gasteiger partial charge in [0.2, 0.25) is 4.77 Å². The van der Waals surface area contributed by atoms with Gasteiger partial charge in [-0.3, -0.25) is 5.10 Å². The van der Waals surface area contributed by atoms with Gasteiger partial charge in [-0.05, 0) is 31.6 Å². The quantitative estimate of drug-likeness (QED) is 0.647. The molecule has 1 aliphatic rings. The van der Waals surface area contributed by atoms with E-state index in [-0.39, 0.29) is 5.60 Å². The minimum absolute atomic E-state index is 0.138. The Bertz CT molecular complexity index is 858. The van der Waals surface area contributed by atoms with Crippen molar-refractivity contribution in [2.24, 2.45) is 0 Å². The number of hydrogen-bond acceptors (Lipinski definition) is 5. The fourth-order valence-corrected chi connectivity index (χ4v) is 3.81. The van der Waals surface area contributed by atoms with E-state index in [0.29, 0.717) is 11.4 Å². The second-order valence-corrected chi connectivity index (χ2v) is 6.85. The van der Waals surface area contributed by atoms with Crippen LogP contribution in [0.2, 0.25) is 0 Å². The largest absolute Gasteiger partial charge is 0.370 e. The standard InChI is InChI=1S/C12H12N4OS2/c1-12(2)3-6-7(4-17-12)19-10-8(6)9-14-11(18)15-16(9)5-13-10/h5H,3-4H2,1-2H3,(H,15,18). The van der Waals surface area contributed by atoms with Gasteiger partial charge in [0, 0.05) is 11.3 Å². The van der Waals surface area contributed by atoms with Gasteiger partial charge in [0.05, 0.1) is 17.6 Å². The van der Waals surface area contributed by atoms with E-state index in [1.54, 1.807) is 22.2 Å². The lowest BCUT2D eigenvalue weighted by molar-refractivity contribution is -0.0379. The van der Waals surface area contributed by atoms with Crippen LogP contribution in [0.25, 0.3) is 15.9 Å². The van der Waals surface area contributed by atoms with Gasteiger partial charge >= 0.3 is 0 Å². The smallest absolute Gasteiger partial charge is 0.214 e. The molecule has 3 aromatic heterocycles. The van der Waals surface area contributed by atoms with Crippen molar-refractivity contribution in [3.05, 3.63) is 21.5 Å². The number of thiophene rings is 1. The Morgan fingerprint density at radius 2 is 2.37 bits per heavy atom. The van der Waals surface area contributed by atoms with Gasteiger partial charge in [-0.25, -0.2) is 9.50 Å². The predicted octanol–water partition coefficient (Wildman–Crippen LogP) is 2.85. The lowest BCUT2D eigenvalue weighted by atomic mass is 9.94. The molecule has 98 valence electrons. The Hall–Kier alpha value is -1.31. The van der Waals surface area contributed by atoms with Crippen molar-refractivity contribution >= 4 is 39.4 Å². The third-order valence-corrected chi connectivity index (χ3v) is 4.73. The molecule has 0 unspecified atom stereocenters. The molecule has 4 rings (SSSR count). The van der Waals surface area contributed by atoms with Crippen molar-refractivity contribution < 1.29 is 4.74 Å². The maximum atomic E-state index is 5.87. The molecule has 0 amide bonds. The van der Waals surface area contributed by atoms with Crippen LogP contribution < -0.4 is 0 Å². The molecule has 0 atom stereocenters. The number of H-pyrrole nitrogens is 1. The predicted molar refractivity (Wildman–Crippen MR) is 76.1 cm³/mol. The molecule has 0 bridgehead atoms. The van der Waals surface area contributed by atoms with Crippen molar-refractivity contribution in [3.63, 3.8) is 0 Å². The highest BCUT2D eigenvalue weighted by Crippen LogP contribution is 2.39. The van der Waals surface area contributed by atoms with Gasteiger partial charge in [0.1, 0.15) is 11.2 Å². The summed E-state index contributed by atoms with van der Waals surface area (Å²) in [6.07, 6.45) is 2.61. The van der Waals surface area contributed by atoms with E-state index < -0.39 is 0 Å². The van der Waals surface area contributed by atoms with E-state index >= 15 is 0 Å². The third kappa shape index (κ3) is 1.65. The van der Waals surface area contributed by atoms with Crippen LogP contribution in [0, 0.1) is 4.77 Å². The van der Waals surface area contributed by atoms with Crippen molar-refractivity contribution in [2.75, 3.05) is 0 Å². The summed E-state index contributed by atoms with van der Waals surface area (Å²) >= 11 is 6.80. The zero-order valence-electron chi connectivity index (χ0n) is 10.6. The topological polar surface area (TPSA) is 55.2 Å². The maximum absolute atomic E-state index is 5.87. The molecule has 1 aliphatic heterocycles. The summed E-state index contributed by atoms with van der Waals surface area (Å²) < 4.78 is 8.14. The first-order chi connectivity index (χ1) is 9.03. The summed E-state index contributed by atoms with van der Waals surface area (Å²) in [4.78, 5) is 11.2. The molecule has 1 N–H and O–H groups in total. The summed E-state index contributed by atoms with van der Waals surface area (Å²) in [5, 5.41) is 4.12. The lowest BCUT2D eigenvalue weighted by Gasteiger charge is -2.30. The number of nitrogens with one attached hydrogen (secondary N) is 1. The number of fused-ring (bicyclic) bond motifs is 5. The third-order valence-electron chi connectivity index (χ3n) is 3.43. The molecular formula is C12H12N4OS2. The number of aromatic amines is 1. The van der Waals surface area contributed by atoms with Gasteiger partial charge in [0.25, 0.3) is 0 Å². The Balaban J connectivity index is 2.13. The van der Waals surface area contributed by atoms with E-state index in [4.69, 9.17) is 17.0 Å². The van der Waals surface area contributed by atoms with E-state index in [2.05, 4.69) is 28.9 Å². The van der Waals surface area contributed by atoms with Gasteiger partial charge in [-0.15, -0.1) is 11.3 Å². The van der Waals surface area contributed by atoms with Crippen LogP contribution in [0.4, 0.5) is 0 Å². The molecule has 0 aromatic carbocycles. The fourth-order valence-electron chi connectivity index (χ4n) is 2.56. The second kappa shape index (κ2) is 3.62. The van der Waals surface area contributed by atoms with Crippen LogP contribution in [0.3, 0.4) is 0 Å². The van der Waals surface area contributed by atoms with Crippen LogP contribution in [0.5, 0.6) is 0 Å². The number of rotatable bonds is 0. The van der Waals surface area contributed by atoms with Crippen molar-refractivity contribution in [1.29, 1.82) is 0 Å². The highest BCUT2D eigenvalue weighted by molar-refractivity contribution is 7.71. The molecule has 0 aliphatic carbocycles. The van der Waals surface area contributed by atoms with Crippen LogP contribution in [-0.2, 0) is 17.8 Å². The first kappa shape index (κ1) is 11.5. The van der Waals surface area contributed by atoms with Crippen molar-refractivity contribution in [3.8, 4) is 0 Å². The van der Waals surface area contributed by atoms with Gasteiger partial charge in [-0.2, -0.15) is 4.98 Å². The Morgan fingerprint density at radius 1 is 1.53 bits per heavy atom. The molecule has 7 heteroatoms. The Kier molecular flexibility index (Phi) is 2.19. The van der Waals surface area contributed by atoms with Crippen molar-refractivity contribution in [2.45, 2.75) is 32.5 Å². The summed E-state index contributed by atoms with van der Waals surface area (Å²) in [6, 6.07) is 0. The number of aromatic nitrogens is 4. The van der Waals surface area contributed by atoms with Gasteiger partial charge < -0.3 is 4.74 Å². The second-order valence-electron chi connectivity index (χ2n) is 5.38. The lowest BCUT2D eigenvalue weighted by Crippen LogP contribution is -2.31. The van der Waals surface area contributed by atoms with Crippen LogP contribution in [0.1, 0.15) is 24.3 Å². The highest BCUT2D eigenvalue weighted by Gasteiger charge is 2.30. The average Bonchev–Trinajstić information content (AvgIpc) is 2.86. The molecule has 0 saturated heterocycles. The SMILES string of the molecule is CC1(C)Cc2c(sc3ncn4[nH]c(=S)nc4c23)CO1. The van der Waals surface area contributed by atoms with Gasteiger partial charge in [0.15, 0.2) is 5.65 Å². The van der Waals surface area contributed by atoms with Crippen LogP contribution in [0.15, 0.2) is 6.33 Å². The molecular weight excluding hydrogens is 280 g/mol. The summed E-state index contributed by atoms with van der Waals surface area (Å²) in [7, 11) is 0. The fraction of sp³-hybridized carbons (Fsp3) is 0.417. The first-order valence-corrected chi connectivity index (χ1v) is 7.28. The zero-order valence-corrected chi connectivity index (χ0v) is 12.2. The van der Waals surface area contributed by atoms with Gasteiger partial charge in [-0.1, -0.05) is 0 Å². The summed E-state index contributed by atoms with van der Waals surface area (Å²) in [5.41, 5.74) is 2.04. The monoisotopic (exact) mass is 292 g/mol. The van der Waals surface area contributed by atoms with E-state index in [9.17, 15) is 0 Å². The van der Waals surface area contributed by atoms with E-state index in [1.807, 2.05) is 0 Å². The molecule has 3 aromatic rings. The normalized spacial score (nSPS) is 18.0. The molecule has 0 saturated carbocycles. The molecule has 0 spiro atoms. The maximum Gasteiger partial charge on any atom is 0.214 e. The molecule has 19 heavy (non-hydrogen) atoms. The van der Waals surface area contributed by atoms with E-state index in [1.165, 1.54) is 10.4 Å². The van der Waals surface area contributed by atoms with Crippen LogP contribution >= 0.6 is 23.6 Å². The summed E-state index contributed by atoms with van der Waals surface area (Å²) in [6.45, 7) is 4.88. The minimum Gasteiger partial charge on any atom is -0.370 e. The number of hydrogen-bond donors (Lipinski definition) is 1. The minimum atomic E-state index is -0.138. The van der Waals surface area contributed by atoms with Crippen LogP contribution in [-0.4, -0.2) is 25.2 Å². The average molecular weight is 292 g/mol. The number of nitrogens with zero attached hydrogens (tertiary/aromatic N) is 3. The first-order valence-electron chi connectivity index (χ1n) is 6.05.